The van der Waals surface area contributed by atoms with Crippen LogP contribution < -0.4 is 4.72 Å². The molecular weight excluding hydrogens is 265 g/mol. The molecule has 1 atom stereocenters. The molecule has 0 saturated heterocycles. The average Bonchev–Trinajstić information content (AvgIpc) is 2.21. The lowest BCUT2D eigenvalue weighted by Gasteiger charge is -2.12. The molecule has 0 aliphatic carbocycles. The van der Waals surface area contributed by atoms with Crippen LogP contribution in [-0.4, -0.2) is 14.5 Å². The van der Waals surface area contributed by atoms with Gasteiger partial charge >= 0.3 is 0 Å². The van der Waals surface area contributed by atoms with Crippen LogP contribution in [0.5, 0.6) is 0 Å². The molecule has 17 heavy (non-hydrogen) atoms. The molecule has 0 saturated carbocycles. The summed E-state index contributed by atoms with van der Waals surface area (Å²) in [5, 5.41) is -0.0354. The Balaban J connectivity index is 3.06. The molecule has 0 bridgehead atoms. The van der Waals surface area contributed by atoms with Crippen LogP contribution in [-0.2, 0) is 10.0 Å². The van der Waals surface area contributed by atoms with Crippen LogP contribution in [0.4, 0.5) is 4.39 Å². The highest BCUT2D eigenvalue weighted by Crippen LogP contribution is 2.22. The maximum absolute atomic E-state index is 13.0. The van der Waals surface area contributed by atoms with Gasteiger partial charge in [-0.25, -0.2) is 17.5 Å². The van der Waals surface area contributed by atoms with E-state index in [-0.39, 0.29) is 16.3 Å². The Kier molecular flexibility index (Phi) is 4.52. The Morgan fingerprint density at radius 3 is 2.82 bits per heavy atom. The summed E-state index contributed by atoms with van der Waals surface area (Å²) >= 11 is 5.72. The van der Waals surface area contributed by atoms with Crippen molar-refractivity contribution in [1.29, 1.82) is 0 Å². The Bertz CT molecular complexity index is 551. The van der Waals surface area contributed by atoms with E-state index in [0.29, 0.717) is 0 Å². The van der Waals surface area contributed by atoms with E-state index in [4.69, 9.17) is 18.0 Å². The van der Waals surface area contributed by atoms with E-state index in [9.17, 15) is 12.8 Å². The Morgan fingerprint density at radius 1 is 1.59 bits per heavy atom. The molecule has 1 aromatic rings. The lowest BCUT2D eigenvalue weighted by Crippen LogP contribution is -2.32. The monoisotopic (exact) mass is 275 g/mol. The third-order valence-corrected chi connectivity index (χ3v) is 4.03. The molecule has 0 amide bonds. The number of hydrogen-bond acceptors (Lipinski definition) is 2. The van der Waals surface area contributed by atoms with E-state index >= 15 is 0 Å². The molecule has 1 unspecified atom stereocenters. The van der Waals surface area contributed by atoms with Crippen molar-refractivity contribution in [3.8, 4) is 12.3 Å². The highest BCUT2D eigenvalue weighted by molar-refractivity contribution is 7.89. The summed E-state index contributed by atoms with van der Waals surface area (Å²) in [6.45, 7) is 1.62. The van der Waals surface area contributed by atoms with Crippen molar-refractivity contribution < 1.29 is 12.8 Å². The summed E-state index contributed by atoms with van der Waals surface area (Å²) in [7, 11) is -3.85. The van der Waals surface area contributed by atoms with Gasteiger partial charge in [-0.3, -0.25) is 0 Å². The number of rotatable bonds is 4. The summed E-state index contributed by atoms with van der Waals surface area (Å²) in [4.78, 5) is -0.289. The van der Waals surface area contributed by atoms with E-state index in [2.05, 4.69) is 10.6 Å². The first-order valence-electron chi connectivity index (χ1n) is 4.77. The van der Waals surface area contributed by atoms with Crippen LogP contribution in [0, 0.1) is 18.2 Å². The maximum Gasteiger partial charge on any atom is 0.242 e. The third-order valence-electron chi connectivity index (χ3n) is 1.96. The first-order chi connectivity index (χ1) is 7.86. The van der Waals surface area contributed by atoms with Gasteiger partial charge in [0.05, 0.1) is 5.02 Å². The number of benzene rings is 1. The Labute approximate surface area is 105 Å². The molecule has 92 valence electrons. The minimum Gasteiger partial charge on any atom is -0.207 e. The molecule has 3 nitrogen and oxygen atoms in total. The second-order valence-corrected chi connectivity index (χ2v) is 5.59. The first kappa shape index (κ1) is 14.0. The van der Waals surface area contributed by atoms with Crippen LogP contribution in [0.15, 0.2) is 23.1 Å². The average molecular weight is 276 g/mol. The van der Waals surface area contributed by atoms with Crippen molar-refractivity contribution >= 4 is 21.6 Å². The lowest BCUT2D eigenvalue weighted by molar-refractivity contribution is 0.561. The molecule has 0 radical (unpaired) electrons. The summed E-state index contributed by atoms with van der Waals surface area (Å²) < 4.78 is 39.0. The van der Waals surface area contributed by atoms with Crippen LogP contribution in [0.25, 0.3) is 0 Å². The standard InChI is InChI=1S/C11H11ClFNO2S/c1-3-4-8(2)14-17(15,16)11-7-9(13)5-6-10(11)12/h1,5-8,14H,4H2,2H3. The fourth-order valence-electron chi connectivity index (χ4n) is 1.23. The minimum absolute atomic E-state index is 0.0354. The highest BCUT2D eigenvalue weighted by atomic mass is 35.5. The van der Waals surface area contributed by atoms with Crippen molar-refractivity contribution in [3.05, 3.63) is 29.0 Å². The van der Waals surface area contributed by atoms with E-state index in [0.717, 1.165) is 12.1 Å². The summed E-state index contributed by atoms with van der Waals surface area (Å²) in [5.41, 5.74) is 0. The van der Waals surface area contributed by atoms with Gasteiger partial charge in [0, 0.05) is 12.5 Å². The van der Waals surface area contributed by atoms with Crippen molar-refractivity contribution in [3.63, 3.8) is 0 Å². The second-order valence-electron chi connectivity index (χ2n) is 3.51. The molecule has 1 N–H and O–H groups in total. The van der Waals surface area contributed by atoms with Gasteiger partial charge in [0.2, 0.25) is 10.0 Å². The van der Waals surface area contributed by atoms with Crippen molar-refractivity contribution in [2.45, 2.75) is 24.3 Å². The van der Waals surface area contributed by atoms with Gasteiger partial charge < -0.3 is 0 Å². The number of halogens is 2. The van der Waals surface area contributed by atoms with E-state index in [1.54, 1.807) is 6.92 Å². The fraction of sp³-hybridized carbons (Fsp3) is 0.273. The molecule has 0 fully saturated rings. The fourth-order valence-corrected chi connectivity index (χ4v) is 2.98. The quantitative estimate of drug-likeness (QED) is 0.856. The van der Waals surface area contributed by atoms with Gasteiger partial charge in [0.25, 0.3) is 0 Å². The molecule has 0 aromatic heterocycles. The first-order valence-corrected chi connectivity index (χ1v) is 6.64. The molecule has 1 aromatic carbocycles. The zero-order valence-corrected chi connectivity index (χ0v) is 10.6. The number of terminal acetylenes is 1. The maximum atomic E-state index is 13.0. The van der Waals surface area contributed by atoms with Gasteiger partial charge in [0.15, 0.2) is 0 Å². The van der Waals surface area contributed by atoms with E-state index in [1.165, 1.54) is 6.07 Å². The van der Waals surface area contributed by atoms with Crippen LogP contribution in [0.1, 0.15) is 13.3 Å². The molecule has 1 rings (SSSR count). The zero-order chi connectivity index (χ0) is 13.1. The Morgan fingerprint density at radius 2 is 2.24 bits per heavy atom. The van der Waals surface area contributed by atoms with Gasteiger partial charge in [-0.15, -0.1) is 12.3 Å². The summed E-state index contributed by atoms with van der Waals surface area (Å²) in [6.07, 6.45) is 5.31. The molecule has 0 heterocycles. The van der Waals surface area contributed by atoms with Crippen LogP contribution in [0.2, 0.25) is 5.02 Å². The molecule has 0 aliphatic heterocycles. The number of hydrogen-bond donors (Lipinski definition) is 1. The molecule has 0 aliphatic rings. The van der Waals surface area contributed by atoms with Crippen molar-refractivity contribution in [1.82, 2.24) is 4.72 Å². The largest absolute Gasteiger partial charge is 0.242 e. The summed E-state index contributed by atoms with van der Waals surface area (Å²) in [6, 6.07) is 2.71. The zero-order valence-electron chi connectivity index (χ0n) is 9.07. The van der Waals surface area contributed by atoms with E-state index < -0.39 is 21.9 Å². The predicted molar refractivity (Wildman–Crippen MR) is 64.6 cm³/mol. The van der Waals surface area contributed by atoms with Gasteiger partial charge in [-0.2, -0.15) is 0 Å². The highest BCUT2D eigenvalue weighted by Gasteiger charge is 2.20. The second kappa shape index (κ2) is 5.50. The van der Waals surface area contributed by atoms with Crippen LogP contribution >= 0.6 is 11.6 Å². The van der Waals surface area contributed by atoms with Gasteiger partial charge in [-0.1, -0.05) is 11.6 Å². The molecule has 0 spiro atoms. The van der Waals surface area contributed by atoms with Crippen LogP contribution in [0.3, 0.4) is 0 Å². The Hall–Kier alpha value is -1.09. The van der Waals surface area contributed by atoms with Gasteiger partial charge in [0.1, 0.15) is 10.7 Å². The minimum atomic E-state index is -3.85. The topological polar surface area (TPSA) is 46.2 Å². The third kappa shape index (κ3) is 3.70. The number of sulfonamides is 1. The number of nitrogens with one attached hydrogen (secondary N) is 1. The smallest absolute Gasteiger partial charge is 0.207 e. The van der Waals surface area contributed by atoms with Crippen molar-refractivity contribution in [2.24, 2.45) is 0 Å². The van der Waals surface area contributed by atoms with Gasteiger partial charge in [-0.05, 0) is 25.1 Å². The SMILES string of the molecule is C#CCC(C)NS(=O)(=O)c1cc(F)ccc1Cl. The molecular formula is C11H11ClFNO2S. The van der Waals surface area contributed by atoms with E-state index in [1.807, 2.05) is 0 Å². The summed E-state index contributed by atoms with van der Waals surface area (Å²) in [5.74, 6) is 1.67. The lowest BCUT2D eigenvalue weighted by atomic mass is 10.3. The normalized spacial score (nSPS) is 13.1. The van der Waals surface area contributed by atoms with Crippen molar-refractivity contribution in [2.75, 3.05) is 0 Å². The predicted octanol–water partition coefficient (Wildman–Crippen LogP) is 2.17. The molecule has 6 heteroatoms.